The highest BCUT2D eigenvalue weighted by atomic mass is 19.2. The Balaban J connectivity index is 2.27. The van der Waals surface area contributed by atoms with Crippen LogP contribution in [0.4, 0.5) is 22.0 Å². The number of unbranched alkanes of at least 4 members (excludes halogenated alkanes) is 6. The molecule has 1 rings (SSSR count). The normalized spacial score (nSPS) is 10.8. The molecule has 0 fully saturated rings. The van der Waals surface area contributed by atoms with Crippen LogP contribution in [0.3, 0.4) is 0 Å². The molecule has 0 aliphatic rings. The summed E-state index contributed by atoms with van der Waals surface area (Å²) >= 11 is 0. The van der Waals surface area contributed by atoms with Gasteiger partial charge in [0.25, 0.3) is 0 Å². The van der Waals surface area contributed by atoms with Crippen molar-refractivity contribution in [3.05, 3.63) is 29.1 Å². The lowest BCUT2D eigenvalue weighted by molar-refractivity contribution is -0.144. The number of esters is 2. The van der Waals surface area contributed by atoms with Crippen LogP contribution in [0.5, 0.6) is 5.75 Å². The maximum Gasteiger partial charge on any atom is 0.311 e. The fraction of sp³-hybridized carbons (Fsp3) is 0.600. The highest BCUT2D eigenvalue weighted by molar-refractivity contribution is 5.74. The minimum Gasteiger partial charge on any atom is -0.466 e. The van der Waals surface area contributed by atoms with Gasteiger partial charge in [-0.2, -0.15) is 8.78 Å². The lowest BCUT2D eigenvalue weighted by atomic mass is 10.1. The number of halogens is 5. The second-order valence-corrected chi connectivity index (χ2v) is 6.57. The summed E-state index contributed by atoms with van der Waals surface area (Å²) in [6.07, 6.45) is 6.84. The Morgan fingerprint density at radius 1 is 0.655 bits per heavy atom. The number of rotatable bonds is 13. The minimum atomic E-state index is -2.34. The molecule has 0 aliphatic carbocycles. The molecule has 0 saturated carbocycles. The molecule has 0 radical (unpaired) electrons. The minimum absolute atomic E-state index is 0.0515. The third kappa shape index (κ3) is 8.37. The summed E-state index contributed by atoms with van der Waals surface area (Å²) in [4.78, 5) is 23.1. The van der Waals surface area contributed by atoms with Gasteiger partial charge >= 0.3 is 11.9 Å². The van der Waals surface area contributed by atoms with E-state index in [0.29, 0.717) is 0 Å². The second kappa shape index (κ2) is 13.1. The third-order valence-corrected chi connectivity index (χ3v) is 4.16. The average molecular weight is 424 g/mol. The van der Waals surface area contributed by atoms with Crippen LogP contribution in [0.1, 0.15) is 71.1 Å². The van der Waals surface area contributed by atoms with Crippen molar-refractivity contribution in [3.63, 3.8) is 0 Å². The molecule has 0 atom stereocenters. The van der Waals surface area contributed by atoms with Crippen LogP contribution >= 0.6 is 0 Å². The van der Waals surface area contributed by atoms with E-state index in [1.165, 1.54) is 19.3 Å². The van der Waals surface area contributed by atoms with Gasteiger partial charge in [-0.1, -0.05) is 45.4 Å². The third-order valence-electron chi connectivity index (χ3n) is 4.16. The van der Waals surface area contributed by atoms with Gasteiger partial charge in [-0.3, -0.25) is 9.59 Å². The molecule has 0 bridgehead atoms. The molecule has 0 aromatic heterocycles. The van der Waals surface area contributed by atoms with Gasteiger partial charge in [-0.25, -0.2) is 13.2 Å². The van der Waals surface area contributed by atoms with Crippen molar-refractivity contribution in [3.8, 4) is 5.75 Å². The van der Waals surface area contributed by atoms with Crippen molar-refractivity contribution in [1.29, 1.82) is 0 Å². The highest BCUT2D eigenvalue weighted by Gasteiger charge is 2.28. The molecule has 4 nitrogen and oxygen atoms in total. The molecule has 0 spiro atoms. The first-order valence-electron chi connectivity index (χ1n) is 9.67. The monoisotopic (exact) mass is 424 g/mol. The Labute approximate surface area is 166 Å². The van der Waals surface area contributed by atoms with Gasteiger partial charge in [-0.15, -0.1) is 0 Å². The maximum atomic E-state index is 13.4. The van der Waals surface area contributed by atoms with Crippen LogP contribution in [-0.2, 0) is 14.3 Å². The van der Waals surface area contributed by atoms with Crippen molar-refractivity contribution in [2.75, 3.05) is 6.61 Å². The summed E-state index contributed by atoms with van der Waals surface area (Å²) in [7, 11) is 0. The molecule has 164 valence electrons. The summed E-state index contributed by atoms with van der Waals surface area (Å²) < 4.78 is 75.1. The Morgan fingerprint density at radius 2 is 1.14 bits per heavy atom. The Hall–Kier alpha value is -2.19. The predicted octanol–water partition coefficient (Wildman–Crippen LogP) is 5.75. The van der Waals surface area contributed by atoms with Crippen LogP contribution in [0.15, 0.2) is 0 Å². The van der Waals surface area contributed by atoms with Crippen LogP contribution in [0.25, 0.3) is 0 Å². The molecule has 0 N–H and O–H groups in total. The largest absolute Gasteiger partial charge is 0.466 e. The zero-order valence-corrected chi connectivity index (χ0v) is 16.3. The summed E-state index contributed by atoms with van der Waals surface area (Å²) in [5.41, 5.74) is 0. The number of ether oxygens (including phenoxy) is 2. The fourth-order valence-corrected chi connectivity index (χ4v) is 2.53. The quantitative estimate of drug-likeness (QED) is 0.101. The molecule has 0 aliphatic heterocycles. The van der Waals surface area contributed by atoms with Crippen LogP contribution in [0, 0.1) is 29.1 Å². The van der Waals surface area contributed by atoms with E-state index >= 15 is 0 Å². The van der Waals surface area contributed by atoms with E-state index in [9.17, 15) is 31.5 Å². The molecule has 9 heteroatoms. The summed E-state index contributed by atoms with van der Waals surface area (Å²) in [5, 5.41) is 0. The lowest BCUT2D eigenvalue weighted by Crippen LogP contribution is -2.14. The predicted molar refractivity (Wildman–Crippen MR) is 94.7 cm³/mol. The van der Waals surface area contributed by atoms with Crippen LogP contribution in [-0.4, -0.2) is 18.5 Å². The Morgan fingerprint density at radius 3 is 1.72 bits per heavy atom. The summed E-state index contributed by atoms with van der Waals surface area (Å²) in [6, 6.07) is 0. The van der Waals surface area contributed by atoms with E-state index in [2.05, 4.69) is 11.7 Å². The maximum absolute atomic E-state index is 13.4. The first-order valence-corrected chi connectivity index (χ1v) is 9.67. The first kappa shape index (κ1) is 24.8. The van der Waals surface area contributed by atoms with E-state index in [1.807, 2.05) is 0 Å². The first-order chi connectivity index (χ1) is 13.8. The summed E-state index contributed by atoms with van der Waals surface area (Å²) in [6.45, 7) is 2.40. The number of carbonyl (C=O) groups excluding carboxylic acids is 2. The molecule has 0 heterocycles. The molecule has 0 amide bonds. The SMILES string of the molecule is CCCCCCCCCOC(=O)CCCC(=O)Oc1c(F)c(F)c(F)c(F)c1F. The van der Waals surface area contributed by atoms with E-state index in [1.54, 1.807) is 0 Å². The van der Waals surface area contributed by atoms with Crippen molar-refractivity contribution in [2.45, 2.75) is 71.1 Å². The Kier molecular flexibility index (Phi) is 11.2. The summed E-state index contributed by atoms with van der Waals surface area (Å²) in [5.74, 6) is -14.7. The van der Waals surface area contributed by atoms with E-state index in [4.69, 9.17) is 4.74 Å². The van der Waals surface area contributed by atoms with E-state index < -0.39 is 53.2 Å². The number of benzene rings is 1. The molecule has 0 saturated heterocycles. The fourth-order valence-electron chi connectivity index (χ4n) is 2.53. The highest BCUT2D eigenvalue weighted by Crippen LogP contribution is 2.29. The van der Waals surface area contributed by atoms with E-state index in [0.717, 1.165) is 25.7 Å². The van der Waals surface area contributed by atoms with Crippen molar-refractivity contribution in [1.82, 2.24) is 0 Å². The average Bonchev–Trinajstić information content (AvgIpc) is 2.70. The zero-order chi connectivity index (χ0) is 21.8. The number of carbonyl (C=O) groups is 2. The van der Waals surface area contributed by atoms with Gasteiger partial charge in [0.05, 0.1) is 6.61 Å². The van der Waals surface area contributed by atoms with Gasteiger partial charge in [0.2, 0.25) is 34.8 Å². The molecule has 29 heavy (non-hydrogen) atoms. The van der Waals surface area contributed by atoms with Gasteiger partial charge in [0, 0.05) is 12.8 Å². The molecule has 0 unspecified atom stereocenters. The second-order valence-electron chi connectivity index (χ2n) is 6.57. The number of hydrogen-bond donors (Lipinski definition) is 0. The number of hydrogen-bond acceptors (Lipinski definition) is 4. The molecular weight excluding hydrogens is 399 g/mol. The van der Waals surface area contributed by atoms with Gasteiger partial charge in [-0.05, 0) is 12.8 Å². The van der Waals surface area contributed by atoms with Crippen molar-refractivity contribution in [2.24, 2.45) is 0 Å². The van der Waals surface area contributed by atoms with Gasteiger partial charge in [0.1, 0.15) is 0 Å². The van der Waals surface area contributed by atoms with E-state index in [-0.39, 0.29) is 19.4 Å². The molecule has 1 aromatic rings. The van der Waals surface area contributed by atoms with Crippen LogP contribution in [0.2, 0.25) is 0 Å². The standard InChI is InChI=1S/C20H25F5O4/c1-2-3-4-5-6-7-8-12-28-13(26)10-9-11-14(27)29-20-18(24)16(22)15(21)17(23)19(20)25/h2-12H2,1H3. The Bertz CT molecular complexity index is 665. The van der Waals surface area contributed by atoms with Crippen molar-refractivity contribution >= 4 is 11.9 Å². The molecule has 1 aromatic carbocycles. The molecular formula is C20H25F5O4. The smallest absolute Gasteiger partial charge is 0.311 e. The van der Waals surface area contributed by atoms with Gasteiger partial charge in [0.15, 0.2) is 0 Å². The zero-order valence-electron chi connectivity index (χ0n) is 16.3. The topological polar surface area (TPSA) is 52.6 Å². The van der Waals surface area contributed by atoms with Crippen molar-refractivity contribution < 1.29 is 41.0 Å². The van der Waals surface area contributed by atoms with Gasteiger partial charge < -0.3 is 9.47 Å². The van der Waals surface area contributed by atoms with Crippen LogP contribution < -0.4 is 4.74 Å². The lowest BCUT2D eigenvalue weighted by Gasteiger charge is -2.09.